The van der Waals surface area contributed by atoms with E-state index in [0.717, 1.165) is 11.8 Å². The van der Waals surface area contributed by atoms with Gasteiger partial charge in [-0.1, -0.05) is 43.8 Å². The van der Waals surface area contributed by atoms with Crippen LogP contribution in [-0.4, -0.2) is 46.4 Å². The quantitative estimate of drug-likeness (QED) is 0.537. The van der Waals surface area contributed by atoms with E-state index >= 15 is 0 Å². The summed E-state index contributed by atoms with van der Waals surface area (Å²) in [5, 5.41) is 15.9. The molecule has 186 valence electrons. The number of carbonyl (C=O) groups excluding carboxylic acids is 2. The summed E-state index contributed by atoms with van der Waals surface area (Å²) in [4.78, 5) is 25.0. The lowest BCUT2D eigenvalue weighted by Crippen LogP contribution is -2.30. The monoisotopic (exact) mass is 508 g/mol. The molecule has 2 atom stereocenters. The Hall–Kier alpha value is -3.48. The van der Waals surface area contributed by atoms with Crippen molar-refractivity contribution in [2.24, 2.45) is 11.0 Å². The average Bonchev–Trinajstić information content (AvgIpc) is 3.45. The number of rotatable bonds is 4. The second kappa shape index (κ2) is 8.95. The normalized spacial score (nSPS) is 19.7. The fourth-order valence-electron chi connectivity index (χ4n) is 3.47. The Bertz CT molecular complexity index is 1200. The summed E-state index contributed by atoms with van der Waals surface area (Å²) in [7, 11) is 1.45. The first kappa shape index (κ1) is 24.6. The third-order valence-electron chi connectivity index (χ3n) is 5.24. The molecule has 35 heavy (non-hydrogen) atoms. The fourth-order valence-corrected chi connectivity index (χ4v) is 4.67. The molecule has 2 aliphatic rings. The van der Waals surface area contributed by atoms with Gasteiger partial charge in [0.2, 0.25) is 0 Å². The van der Waals surface area contributed by atoms with Crippen LogP contribution in [0.1, 0.15) is 26.5 Å². The highest BCUT2D eigenvalue weighted by Crippen LogP contribution is 2.45. The van der Waals surface area contributed by atoms with Crippen molar-refractivity contribution in [1.82, 2.24) is 10.2 Å². The summed E-state index contributed by atoms with van der Waals surface area (Å²) in [6.07, 6.45) is -3.26. The van der Waals surface area contributed by atoms with E-state index < -0.39 is 35.1 Å². The zero-order valence-electron chi connectivity index (χ0n) is 19.2. The number of carbonyl (C=O) groups is 2. The number of anilines is 3. The molecule has 1 aromatic carbocycles. The van der Waals surface area contributed by atoms with Crippen LogP contribution in [0.4, 0.5) is 35.2 Å². The molecule has 9 nitrogen and oxygen atoms in total. The number of nitrogens with zero attached hydrogens (tertiary/aromatic N) is 3. The average molecular weight is 509 g/mol. The number of hydrazone groups is 1. The van der Waals surface area contributed by atoms with Crippen LogP contribution in [0.15, 0.2) is 50.9 Å². The minimum Gasteiger partial charge on any atom is -0.359 e. The van der Waals surface area contributed by atoms with Gasteiger partial charge in [0.05, 0.1) is 10.8 Å². The molecule has 13 heteroatoms. The maximum absolute atomic E-state index is 13.2. The number of fused-ring (bicyclic) bond motifs is 1. The zero-order chi connectivity index (χ0) is 25.5. The van der Waals surface area contributed by atoms with Gasteiger partial charge in [-0.2, -0.15) is 18.3 Å². The number of thioether (sulfide) groups is 1. The Morgan fingerprint density at radius 1 is 1.06 bits per heavy atom. The molecule has 4 rings (SSSR count). The highest BCUT2D eigenvalue weighted by atomic mass is 32.2. The van der Waals surface area contributed by atoms with E-state index in [0.29, 0.717) is 17.1 Å². The highest BCUT2D eigenvalue weighted by Gasteiger charge is 2.51. The van der Waals surface area contributed by atoms with E-state index in [1.165, 1.54) is 18.1 Å². The van der Waals surface area contributed by atoms with Crippen molar-refractivity contribution in [2.45, 2.75) is 37.7 Å². The number of hydrogen-bond acceptors (Lipinski definition) is 7. The Morgan fingerprint density at radius 2 is 1.69 bits per heavy atom. The molecule has 0 bridgehead atoms. The van der Waals surface area contributed by atoms with Crippen molar-refractivity contribution in [3.8, 4) is 0 Å². The van der Waals surface area contributed by atoms with Crippen molar-refractivity contribution in [2.75, 3.05) is 23.0 Å². The number of nitrogens with one attached hydrogen (secondary N) is 3. The topological polar surface area (TPSA) is 112 Å². The predicted molar refractivity (Wildman–Crippen MR) is 127 cm³/mol. The molecule has 3 N–H and O–H groups in total. The van der Waals surface area contributed by atoms with E-state index in [-0.39, 0.29) is 16.1 Å². The molecule has 0 fully saturated rings. The minimum absolute atomic E-state index is 0.187. The Kier molecular flexibility index (Phi) is 6.30. The summed E-state index contributed by atoms with van der Waals surface area (Å²) in [6, 6.07) is 7.40. The van der Waals surface area contributed by atoms with Gasteiger partial charge in [0, 0.05) is 29.9 Å². The van der Waals surface area contributed by atoms with Crippen molar-refractivity contribution < 1.29 is 27.3 Å². The van der Waals surface area contributed by atoms with Gasteiger partial charge in [0.25, 0.3) is 5.91 Å². The molecule has 0 aliphatic carbocycles. The number of hydrogen-bond donors (Lipinski definition) is 3. The van der Waals surface area contributed by atoms with Gasteiger partial charge < -0.3 is 15.2 Å². The van der Waals surface area contributed by atoms with Crippen molar-refractivity contribution in [1.29, 1.82) is 0 Å². The van der Waals surface area contributed by atoms with Crippen LogP contribution in [0.2, 0.25) is 0 Å². The van der Waals surface area contributed by atoms with E-state index in [9.17, 15) is 22.8 Å². The minimum atomic E-state index is -4.56. The molecule has 0 saturated heterocycles. The number of benzene rings is 1. The lowest BCUT2D eigenvalue weighted by atomic mass is 9.93. The molecule has 0 saturated carbocycles. The van der Waals surface area contributed by atoms with Gasteiger partial charge >= 0.3 is 12.2 Å². The molecule has 2 unspecified atom stereocenters. The smallest absolute Gasteiger partial charge is 0.359 e. The Morgan fingerprint density at radius 3 is 2.26 bits per heavy atom. The second-order valence-electron chi connectivity index (χ2n) is 9.06. The Balaban J connectivity index is 1.33. The third-order valence-corrected chi connectivity index (χ3v) is 6.66. The zero-order valence-corrected chi connectivity index (χ0v) is 20.0. The SMILES string of the molecule is CN1N=C(C(F)(F)F)C2C=C(C(=O)Nc3ccc(NC(=O)Nc4cc(C(C)(C)C)on4)cc3)SC21. The highest BCUT2D eigenvalue weighted by molar-refractivity contribution is 8.04. The molecular weight excluding hydrogens is 485 g/mol. The van der Waals surface area contributed by atoms with E-state index in [1.807, 2.05) is 20.8 Å². The van der Waals surface area contributed by atoms with Crippen LogP contribution in [0.5, 0.6) is 0 Å². The van der Waals surface area contributed by atoms with Gasteiger partial charge in [-0.05, 0) is 24.3 Å². The molecule has 3 heterocycles. The maximum atomic E-state index is 13.2. The van der Waals surface area contributed by atoms with Crippen LogP contribution in [-0.2, 0) is 10.2 Å². The third kappa shape index (κ3) is 5.45. The lowest BCUT2D eigenvalue weighted by Gasteiger charge is -2.17. The van der Waals surface area contributed by atoms with Crippen molar-refractivity contribution in [3.05, 3.63) is 47.1 Å². The number of amides is 3. The molecule has 0 spiro atoms. The van der Waals surface area contributed by atoms with Gasteiger partial charge in [0.15, 0.2) is 11.5 Å². The van der Waals surface area contributed by atoms with Gasteiger partial charge in [-0.15, -0.1) is 0 Å². The standard InChI is InChI=1S/C22H23F3N6O3S/c1-21(2,3)15-10-16(30-34-15)28-20(33)27-12-7-5-11(6-8-12)26-18(32)14-9-13-17(22(23,24)25)29-31(4)19(13)35-14/h5-10,13,19H,1-4H3,(H,26,32)(H2,27,28,30,33). The molecule has 1 aromatic heterocycles. The summed E-state index contributed by atoms with van der Waals surface area (Å²) >= 11 is 1.03. The number of urea groups is 1. The van der Waals surface area contributed by atoms with Gasteiger partial charge in [-0.25, -0.2) is 4.79 Å². The van der Waals surface area contributed by atoms with Crippen LogP contribution in [0.3, 0.4) is 0 Å². The van der Waals surface area contributed by atoms with Crippen LogP contribution < -0.4 is 16.0 Å². The molecular formula is C22H23F3N6O3S. The fraction of sp³-hybridized carbons (Fsp3) is 0.364. The first-order chi connectivity index (χ1) is 16.3. The second-order valence-corrected chi connectivity index (χ2v) is 10.2. The molecule has 2 aromatic rings. The van der Waals surface area contributed by atoms with Crippen LogP contribution in [0, 0.1) is 5.92 Å². The van der Waals surface area contributed by atoms with Crippen molar-refractivity contribution in [3.63, 3.8) is 0 Å². The molecule has 3 amide bonds. The van der Waals surface area contributed by atoms with E-state index in [1.54, 1.807) is 30.3 Å². The Labute approximate surface area is 203 Å². The summed E-state index contributed by atoms with van der Waals surface area (Å²) < 4.78 is 44.8. The molecule has 2 aliphatic heterocycles. The maximum Gasteiger partial charge on any atom is 0.431 e. The van der Waals surface area contributed by atoms with Crippen LogP contribution >= 0.6 is 11.8 Å². The van der Waals surface area contributed by atoms with Gasteiger partial charge in [-0.3, -0.25) is 15.1 Å². The predicted octanol–water partition coefficient (Wildman–Crippen LogP) is 4.99. The number of halogens is 3. The van der Waals surface area contributed by atoms with Crippen LogP contribution in [0.25, 0.3) is 0 Å². The lowest BCUT2D eigenvalue weighted by molar-refractivity contribution is -0.112. The number of alkyl halides is 3. The first-order valence-corrected chi connectivity index (χ1v) is 11.4. The van der Waals surface area contributed by atoms with Crippen molar-refractivity contribution >= 4 is 46.6 Å². The summed E-state index contributed by atoms with van der Waals surface area (Å²) in [5.74, 6) is -0.619. The molecule has 0 radical (unpaired) electrons. The summed E-state index contributed by atoms with van der Waals surface area (Å²) in [5.41, 5.74) is -0.283. The van der Waals surface area contributed by atoms with E-state index in [2.05, 4.69) is 26.2 Å². The number of aromatic nitrogens is 1. The largest absolute Gasteiger partial charge is 0.431 e. The van der Waals surface area contributed by atoms with Gasteiger partial charge in [0.1, 0.15) is 11.1 Å². The first-order valence-electron chi connectivity index (χ1n) is 10.5. The summed E-state index contributed by atoms with van der Waals surface area (Å²) in [6.45, 7) is 5.87. The van der Waals surface area contributed by atoms with E-state index in [4.69, 9.17) is 4.52 Å².